The lowest BCUT2D eigenvalue weighted by Gasteiger charge is -2.19. The van der Waals surface area contributed by atoms with Gasteiger partial charge in [-0.3, -0.25) is 9.59 Å². The molecule has 0 aliphatic heterocycles. The predicted octanol–water partition coefficient (Wildman–Crippen LogP) is 0.673. The molecule has 0 bridgehead atoms. The van der Waals surface area contributed by atoms with Crippen molar-refractivity contribution < 1.29 is 14.7 Å². The number of carboxylic acids is 1. The fourth-order valence-corrected chi connectivity index (χ4v) is 1.33. The molecule has 13 heavy (non-hydrogen) atoms. The van der Waals surface area contributed by atoms with E-state index >= 15 is 0 Å². The minimum atomic E-state index is -0.865. The molecule has 5 heteroatoms. The maximum Gasteiger partial charge on any atom is 0.305 e. The average molecular weight is 205 g/mol. The summed E-state index contributed by atoms with van der Waals surface area (Å²) < 4.78 is 0. The first-order valence-corrected chi connectivity index (χ1v) is 5.49. The van der Waals surface area contributed by atoms with E-state index in [0.29, 0.717) is 18.8 Å². The summed E-state index contributed by atoms with van der Waals surface area (Å²) in [6.07, 6.45) is 1.87. The molecule has 0 fully saturated rings. The first kappa shape index (κ1) is 12.3. The summed E-state index contributed by atoms with van der Waals surface area (Å²) in [5.41, 5.74) is 0. The lowest BCUT2D eigenvalue weighted by Crippen LogP contribution is -2.34. The number of hydrogen-bond donors (Lipinski definition) is 1. The van der Waals surface area contributed by atoms with Gasteiger partial charge in [0.25, 0.3) is 0 Å². The van der Waals surface area contributed by atoms with Crippen LogP contribution in [0, 0.1) is 0 Å². The molecule has 76 valence electrons. The molecule has 0 aromatic carbocycles. The highest BCUT2D eigenvalue weighted by molar-refractivity contribution is 7.99. The SMILES string of the molecule is CCN(CCC(=O)O)C(=O)CSC. The zero-order chi connectivity index (χ0) is 10.3. The van der Waals surface area contributed by atoms with Crippen LogP contribution in [0.1, 0.15) is 13.3 Å². The molecule has 0 aliphatic rings. The van der Waals surface area contributed by atoms with Gasteiger partial charge >= 0.3 is 5.97 Å². The van der Waals surface area contributed by atoms with E-state index in [4.69, 9.17) is 5.11 Å². The Hall–Kier alpha value is -0.710. The van der Waals surface area contributed by atoms with Crippen molar-refractivity contribution in [2.24, 2.45) is 0 Å². The van der Waals surface area contributed by atoms with Gasteiger partial charge in [0.05, 0.1) is 12.2 Å². The topological polar surface area (TPSA) is 57.6 Å². The molecule has 0 unspecified atom stereocenters. The quantitative estimate of drug-likeness (QED) is 0.692. The third-order valence-electron chi connectivity index (χ3n) is 1.60. The number of carbonyl (C=O) groups is 2. The third kappa shape index (κ3) is 5.52. The van der Waals surface area contributed by atoms with Crippen molar-refractivity contribution in [3.8, 4) is 0 Å². The van der Waals surface area contributed by atoms with Crippen molar-refractivity contribution in [2.45, 2.75) is 13.3 Å². The Morgan fingerprint density at radius 1 is 1.46 bits per heavy atom. The zero-order valence-corrected chi connectivity index (χ0v) is 8.76. The number of carbonyl (C=O) groups excluding carboxylic acids is 1. The van der Waals surface area contributed by atoms with Crippen molar-refractivity contribution in [3.05, 3.63) is 0 Å². The van der Waals surface area contributed by atoms with Crippen LogP contribution < -0.4 is 0 Å². The van der Waals surface area contributed by atoms with E-state index in [0.717, 1.165) is 0 Å². The Bertz CT molecular complexity index is 184. The fraction of sp³-hybridized carbons (Fsp3) is 0.750. The van der Waals surface area contributed by atoms with E-state index < -0.39 is 5.97 Å². The van der Waals surface area contributed by atoms with E-state index in [1.807, 2.05) is 13.2 Å². The first-order chi connectivity index (χ1) is 6.11. The van der Waals surface area contributed by atoms with Gasteiger partial charge in [0, 0.05) is 13.1 Å². The highest BCUT2D eigenvalue weighted by Crippen LogP contribution is 1.99. The third-order valence-corrected chi connectivity index (χ3v) is 2.13. The van der Waals surface area contributed by atoms with Crippen LogP contribution in [0.15, 0.2) is 0 Å². The molecule has 0 aromatic heterocycles. The van der Waals surface area contributed by atoms with Gasteiger partial charge in [-0.2, -0.15) is 11.8 Å². The molecule has 4 nitrogen and oxygen atoms in total. The molecule has 0 radical (unpaired) electrons. The van der Waals surface area contributed by atoms with E-state index in [2.05, 4.69) is 0 Å². The van der Waals surface area contributed by atoms with Gasteiger partial charge in [-0.25, -0.2) is 0 Å². The molecule has 0 atom stereocenters. The van der Waals surface area contributed by atoms with Crippen LogP contribution in [0.5, 0.6) is 0 Å². The lowest BCUT2D eigenvalue weighted by molar-refractivity contribution is -0.138. The maximum absolute atomic E-state index is 11.3. The molecule has 0 saturated heterocycles. The molecule has 0 aliphatic carbocycles. The molecule has 0 spiro atoms. The molecule has 1 N–H and O–H groups in total. The molecule has 0 heterocycles. The van der Waals surface area contributed by atoms with Crippen molar-refractivity contribution in [1.29, 1.82) is 0 Å². The van der Waals surface area contributed by atoms with Gasteiger partial charge in [0.2, 0.25) is 5.91 Å². The predicted molar refractivity (Wildman–Crippen MR) is 52.9 cm³/mol. The summed E-state index contributed by atoms with van der Waals surface area (Å²) in [5.74, 6) is -0.431. The maximum atomic E-state index is 11.3. The highest BCUT2D eigenvalue weighted by Gasteiger charge is 2.11. The molecule has 1 amide bonds. The van der Waals surface area contributed by atoms with Crippen LogP contribution in [-0.2, 0) is 9.59 Å². The van der Waals surface area contributed by atoms with Gasteiger partial charge in [0.15, 0.2) is 0 Å². The number of amides is 1. The standard InChI is InChI=1S/C8H15NO3S/c1-3-9(5-4-8(11)12)7(10)6-13-2/h3-6H2,1-2H3,(H,11,12). The smallest absolute Gasteiger partial charge is 0.305 e. The number of aliphatic carboxylic acids is 1. The number of thioether (sulfide) groups is 1. The zero-order valence-electron chi connectivity index (χ0n) is 7.95. The Kier molecular flexibility index (Phi) is 6.40. The molecule has 0 rings (SSSR count). The van der Waals surface area contributed by atoms with Crippen molar-refractivity contribution in [2.75, 3.05) is 25.1 Å². The van der Waals surface area contributed by atoms with Gasteiger partial charge in [-0.1, -0.05) is 0 Å². The summed E-state index contributed by atoms with van der Waals surface area (Å²) in [4.78, 5) is 23.1. The minimum Gasteiger partial charge on any atom is -0.481 e. The van der Waals surface area contributed by atoms with E-state index in [9.17, 15) is 9.59 Å². The van der Waals surface area contributed by atoms with Crippen LogP contribution in [0.3, 0.4) is 0 Å². The van der Waals surface area contributed by atoms with Gasteiger partial charge in [-0.05, 0) is 13.2 Å². The molecular formula is C8H15NO3S. The minimum absolute atomic E-state index is 0.0104. The number of nitrogens with zero attached hydrogens (tertiary/aromatic N) is 1. The van der Waals surface area contributed by atoms with Crippen LogP contribution in [0.2, 0.25) is 0 Å². The highest BCUT2D eigenvalue weighted by atomic mass is 32.2. The Morgan fingerprint density at radius 3 is 2.46 bits per heavy atom. The van der Waals surface area contributed by atoms with E-state index in [1.54, 1.807) is 4.90 Å². The average Bonchev–Trinajstić information content (AvgIpc) is 2.05. The van der Waals surface area contributed by atoms with Crippen LogP contribution in [0.4, 0.5) is 0 Å². The van der Waals surface area contributed by atoms with Gasteiger partial charge in [-0.15, -0.1) is 0 Å². The van der Waals surface area contributed by atoms with Crippen LogP contribution in [-0.4, -0.2) is 47.0 Å². The number of carboxylic acid groups (broad SMARTS) is 1. The molecular weight excluding hydrogens is 190 g/mol. The summed E-state index contributed by atoms with van der Waals surface area (Å²) >= 11 is 1.45. The lowest BCUT2D eigenvalue weighted by atomic mass is 10.4. The summed E-state index contributed by atoms with van der Waals surface area (Å²) in [7, 11) is 0. The fourth-order valence-electron chi connectivity index (χ4n) is 0.905. The summed E-state index contributed by atoms with van der Waals surface area (Å²) in [6.45, 7) is 2.73. The second-order valence-corrected chi connectivity index (χ2v) is 3.42. The van der Waals surface area contributed by atoms with Gasteiger partial charge in [0.1, 0.15) is 0 Å². The van der Waals surface area contributed by atoms with Gasteiger partial charge < -0.3 is 10.0 Å². The number of hydrogen-bond acceptors (Lipinski definition) is 3. The normalized spacial score (nSPS) is 9.69. The van der Waals surface area contributed by atoms with Crippen molar-refractivity contribution >= 4 is 23.6 Å². The second-order valence-electron chi connectivity index (χ2n) is 2.55. The summed E-state index contributed by atoms with van der Waals surface area (Å²) in [6, 6.07) is 0. The van der Waals surface area contributed by atoms with Crippen LogP contribution in [0.25, 0.3) is 0 Å². The number of rotatable bonds is 6. The van der Waals surface area contributed by atoms with E-state index in [-0.39, 0.29) is 12.3 Å². The van der Waals surface area contributed by atoms with Crippen LogP contribution >= 0.6 is 11.8 Å². The largest absolute Gasteiger partial charge is 0.481 e. The second kappa shape index (κ2) is 6.77. The summed E-state index contributed by atoms with van der Waals surface area (Å²) in [5, 5.41) is 8.43. The van der Waals surface area contributed by atoms with E-state index in [1.165, 1.54) is 11.8 Å². The Labute approximate surface area is 82.3 Å². The van der Waals surface area contributed by atoms with Crippen molar-refractivity contribution in [1.82, 2.24) is 4.90 Å². The molecule has 0 saturated carbocycles. The Morgan fingerprint density at radius 2 is 2.08 bits per heavy atom. The molecule has 0 aromatic rings. The first-order valence-electron chi connectivity index (χ1n) is 4.10. The van der Waals surface area contributed by atoms with Crippen molar-refractivity contribution in [3.63, 3.8) is 0 Å². The Balaban J connectivity index is 3.87. The monoisotopic (exact) mass is 205 g/mol.